The molecule has 36 heavy (non-hydrogen) atoms. The van der Waals surface area contributed by atoms with Crippen LogP contribution in [0.2, 0.25) is 0 Å². The predicted molar refractivity (Wildman–Crippen MR) is 128 cm³/mol. The van der Waals surface area contributed by atoms with E-state index in [1.807, 2.05) is 0 Å². The van der Waals surface area contributed by atoms with Gasteiger partial charge in [-0.1, -0.05) is 20.3 Å². The zero-order chi connectivity index (χ0) is 27.8. The molecule has 0 fully saturated rings. The molecule has 0 aliphatic rings. The van der Waals surface area contributed by atoms with Gasteiger partial charge in [0.2, 0.25) is 17.7 Å². The number of carboxylic acids is 3. The van der Waals surface area contributed by atoms with Gasteiger partial charge >= 0.3 is 17.9 Å². The number of rotatable bonds is 19. The van der Waals surface area contributed by atoms with E-state index in [1.54, 1.807) is 13.8 Å². The van der Waals surface area contributed by atoms with Crippen molar-refractivity contribution in [2.75, 3.05) is 6.54 Å². The van der Waals surface area contributed by atoms with Crippen LogP contribution in [0.1, 0.15) is 65.2 Å². The molecule has 0 heterocycles. The lowest BCUT2D eigenvalue weighted by molar-refractivity contribution is -0.144. The first-order valence-corrected chi connectivity index (χ1v) is 11.9. The second kappa shape index (κ2) is 17.2. The summed E-state index contributed by atoms with van der Waals surface area (Å²) in [6.07, 6.45) is 0.351. The van der Waals surface area contributed by atoms with Gasteiger partial charge in [0.1, 0.15) is 18.1 Å². The van der Waals surface area contributed by atoms with Gasteiger partial charge in [0, 0.05) is 12.8 Å². The van der Waals surface area contributed by atoms with Crippen molar-refractivity contribution in [1.82, 2.24) is 16.0 Å². The lowest BCUT2D eigenvalue weighted by atomic mass is 9.96. The van der Waals surface area contributed by atoms with Gasteiger partial charge < -0.3 is 42.7 Å². The van der Waals surface area contributed by atoms with Gasteiger partial charge in [-0.3, -0.25) is 24.0 Å². The quantitative estimate of drug-likeness (QED) is 0.0940. The highest BCUT2D eigenvalue weighted by molar-refractivity contribution is 5.94. The number of amides is 3. The number of nitrogens with two attached hydrogens (primary N) is 2. The minimum absolute atomic E-state index is 0.136. The standard InChI is InChI=1S/C22H39N5O9/c1-3-12(2)18(21(34)26-15(22(35)36)8-10-17(30)31)27-20(33)14(6-4-5-11-23)25-19(32)13(24)7-9-16(28)29/h12-15,18H,3-11,23-24H2,1-2H3,(H,25,32)(H,26,34)(H,27,33)(H,28,29)(H,30,31)(H,35,36). The first kappa shape index (κ1) is 32.7. The highest BCUT2D eigenvalue weighted by atomic mass is 16.4. The maximum Gasteiger partial charge on any atom is 0.326 e. The number of carbonyl (C=O) groups excluding carboxylic acids is 3. The summed E-state index contributed by atoms with van der Waals surface area (Å²) in [5.74, 6) is -6.43. The Morgan fingerprint density at radius 3 is 1.81 bits per heavy atom. The Morgan fingerprint density at radius 2 is 1.31 bits per heavy atom. The number of unbranched alkanes of at least 4 members (excludes halogenated alkanes) is 1. The first-order valence-electron chi connectivity index (χ1n) is 11.9. The number of aliphatic carboxylic acids is 3. The van der Waals surface area contributed by atoms with E-state index in [-0.39, 0.29) is 25.7 Å². The van der Waals surface area contributed by atoms with Crippen molar-refractivity contribution in [3.05, 3.63) is 0 Å². The third-order valence-corrected chi connectivity index (χ3v) is 5.64. The van der Waals surface area contributed by atoms with Crippen LogP contribution in [0.4, 0.5) is 0 Å². The van der Waals surface area contributed by atoms with Crippen molar-refractivity contribution < 1.29 is 44.1 Å². The van der Waals surface area contributed by atoms with Gasteiger partial charge in [-0.05, 0) is 44.6 Å². The van der Waals surface area contributed by atoms with Crippen LogP contribution in [0, 0.1) is 5.92 Å². The summed E-state index contributed by atoms with van der Waals surface area (Å²) < 4.78 is 0. The highest BCUT2D eigenvalue weighted by Crippen LogP contribution is 2.11. The second-order valence-corrected chi connectivity index (χ2v) is 8.59. The Kier molecular flexibility index (Phi) is 15.7. The minimum atomic E-state index is -1.47. The van der Waals surface area contributed by atoms with Gasteiger partial charge in [-0.2, -0.15) is 0 Å². The number of hydrogen-bond acceptors (Lipinski definition) is 8. The zero-order valence-electron chi connectivity index (χ0n) is 20.7. The van der Waals surface area contributed by atoms with E-state index in [1.165, 1.54) is 0 Å². The predicted octanol–water partition coefficient (Wildman–Crippen LogP) is -1.24. The third kappa shape index (κ3) is 13.0. The van der Waals surface area contributed by atoms with Gasteiger partial charge in [0.15, 0.2) is 0 Å². The highest BCUT2D eigenvalue weighted by Gasteiger charge is 2.32. The molecule has 0 spiro atoms. The summed E-state index contributed by atoms with van der Waals surface area (Å²) >= 11 is 0. The molecule has 0 radical (unpaired) electrons. The fourth-order valence-corrected chi connectivity index (χ4v) is 3.19. The lowest BCUT2D eigenvalue weighted by Gasteiger charge is -2.28. The first-order chi connectivity index (χ1) is 16.8. The molecule has 0 aromatic carbocycles. The second-order valence-electron chi connectivity index (χ2n) is 8.59. The Balaban J connectivity index is 5.55. The molecule has 0 saturated carbocycles. The molecule has 14 nitrogen and oxygen atoms in total. The van der Waals surface area contributed by atoms with Crippen molar-refractivity contribution in [2.24, 2.45) is 17.4 Å². The van der Waals surface area contributed by atoms with Gasteiger partial charge in [0.05, 0.1) is 6.04 Å². The summed E-state index contributed by atoms with van der Waals surface area (Å²) in [5, 5.41) is 34.2. The molecule has 0 rings (SSSR count). The topological polar surface area (TPSA) is 251 Å². The van der Waals surface area contributed by atoms with Crippen LogP contribution in [0.3, 0.4) is 0 Å². The van der Waals surface area contributed by atoms with Crippen LogP contribution in [-0.2, 0) is 28.8 Å². The van der Waals surface area contributed by atoms with Crippen LogP contribution in [0.5, 0.6) is 0 Å². The van der Waals surface area contributed by atoms with Crippen LogP contribution in [0.25, 0.3) is 0 Å². The Bertz CT molecular complexity index is 777. The molecule has 206 valence electrons. The van der Waals surface area contributed by atoms with Crippen LogP contribution < -0.4 is 27.4 Å². The third-order valence-electron chi connectivity index (χ3n) is 5.64. The van der Waals surface area contributed by atoms with E-state index < -0.39 is 72.1 Å². The van der Waals surface area contributed by atoms with E-state index in [0.717, 1.165) is 0 Å². The molecule has 5 unspecified atom stereocenters. The van der Waals surface area contributed by atoms with Crippen molar-refractivity contribution in [3.8, 4) is 0 Å². The Morgan fingerprint density at radius 1 is 0.750 bits per heavy atom. The number of carbonyl (C=O) groups is 6. The van der Waals surface area contributed by atoms with E-state index in [2.05, 4.69) is 16.0 Å². The molecule has 0 aromatic rings. The molecule has 10 N–H and O–H groups in total. The fraction of sp³-hybridized carbons (Fsp3) is 0.727. The Hall–Kier alpha value is -3.26. The van der Waals surface area contributed by atoms with Crippen molar-refractivity contribution in [1.29, 1.82) is 0 Å². The average Bonchev–Trinajstić information content (AvgIpc) is 2.81. The van der Waals surface area contributed by atoms with Crippen molar-refractivity contribution in [2.45, 2.75) is 89.4 Å². The van der Waals surface area contributed by atoms with Crippen LogP contribution >= 0.6 is 0 Å². The van der Waals surface area contributed by atoms with Crippen molar-refractivity contribution >= 4 is 35.6 Å². The normalized spacial score (nSPS) is 15.0. The molecule has 0 bridgehead atoms. The lowest BCUT2D eigenvalue weighted by Crippen LogP contribution is -2.58. The van der Waals surface area contributed by atoms with E-state index in [9.17, 15) is 33.9 Å². The SMILES string of the molecule is CCC(C)C(NC(=O)C(CCCCN)NC(=O)C(N)CCC(=O)O)C(=O)NC(CCC(=O)O)C(=O)O. The maximum atomic E-state index is 13.1. The van der Waals surface area contributed by atoms with Crippen molar-refractivity contribution in [3.63, 3.8) is 0 Å². The molecule has 0 aliphatic carbocycles. The van der Waals surface area contributed by atoms with E-state index >= 15 is 0 Å². The molecular weight excluding hydrogens is 478 g/mol. The van der Waals surface area contributed by atoms with Gasteiger partial charge in [-0.15, -0.1) is 0 Å². The van der Waals surface area contributed by atoms with Gasteiger partial charge in [-0.25, -0.2) is 4.79 Å². The van der Waals surface area contributed by atoms with Crippen LogP contribution in [0.15, 0.2) is 0 Å². The van der Waals surface area contributed by atoms with E-state index in [4.69, 9.17) is 21.7 Å². The molecular formula is C22H39N5O9. The molecule has 0 aliphatic heterocycles. The van der Waals surface area contributed by atoms with Gasteiger partial charge in [0.25, 0.3) is 0 Å². The molecule has 0 aromatic heterocycles. The number of carboxylic acid groups (broad SMARTS) is 3. The summed E-state index contributed by atoms with van der Waals surface area (Å²) in [4.78, 5) is 71.4. The minimum Gasteiger partial charge on any atom is -0.481 e. The average molecular weight is 518 g/mol. The zero-order valence-corrected chi connectivity index (χ0v) is 20.7. The largest absolute Gasteiger partial charge is 0.481 e. The summed E-state index contributed by atoms with van der Waals surface area (Å²) in [5.41, 5.74) is 11.2. The monoisotopic (exact) mass is 517 g/mol. The fourth-order valence-electron chi connectivity index (χ4n) is 3.19. The smallest absolute Gasteiger partial charge is 0.326 e. The summed E-state index contributed by atoms with van der Waals surface area (Å²) in [6, 6.07) is -4.89. The molecule has 5 atom stereocenters. The summed E-state index contributed by atoms with van der Waals surface area (Å²) in [7, 11) is 0. The summed E-state index contributed by atoms with van der Waals surface area (Å²) in [6.45, 7) is 3.78. The molecule has 14 heteroatoms. The van der Waals surface area contributed by atoms with E-state index in [0.29, 0.717) is 25.8 Å². The Labute approximate surface area is 209 Å². The number of nitrogens with one attached hydrogen (secondary N) is 3. The molecule has 3 amide bonds. The maximum absolute atomic E-state index is 13.1. The molecule has 0 saturated heterocycles. The number of hydrogen-bond donors (Lipinski definition) is 8. The van der Waals surface area contributed by atoms with Crippen LogP contribution in [-0.4, -0.2) is 81.7 Å².